The van der Waals surface area contributed by atoms with Crippen LogP contribution in [0.15, 0.2) is 42.6 Å². The number of pyridine rings is 1. The number of fused-ring (bicyclic) bond motifs is 1. The highest BCUT2D eigenvalue weighted by molar-refractivity contribution is 5.92. The van der Waals surface area contributed by atoms with E-state index in [0.717, 1.165) is 12.2 Å². The van der Waals surface area contributed by atoms with Crippen molar-refractivity contribution in [3.8, 4) is 0 Å². The van der Waals surface area contributed by atoms with Crippen LogP contribution in [0.3, 0.4) is 0 Å². The monoisotopic (exact) mass is 304 g/mol. The topological polar surface area (TPSA) is 17.8 Å². The first-order valence-electron chi connectivity index (χ1n) is 8.25. The Morgan fingerprint density at radius 3 is 2.48 bits per heavy atom. The molecular weight excluding hydrogens is 280 g/mol. The van der Waals surface area contributed by atoms with E-state index in [2.05, 4.69) is 79.7 Å². The van der Waals surface area contributed by atoms with Gasteiger partial charge in [0.15, 0.2) is 0 Å². The molecule has 2 nitrogen and oxygen atoms in total. The van der Waals surface area contributed by atoms with Gasteiger partial charge >= 0.3 is 0 Å². The molecule has 0 amide bonds. The van der Waals surface area contributed by atoms with Gasteiger partial charge in [-0.3, -0.25) is 4.98 Å². The van der Waals surface area contributed by atoms with Crippen LogP contribution in [0.5, 0.6) is 0 Å². The zero-order valence-corrected chi connectivity index (χ0v) is 14.4. The number of nitrogens with zero attached hydrogens (tertiary/aromatic N) is 2. The van der Waals surface area contributed by atoms with Crippen molar-refractivity contribution in [2.24, 2.45) is 5.92 Å². The summed E-state index contributed by atoms with van der Waals surface area (Å²) in [6.45, 7) is 9.96. The number of aromatic nitrogens is 2. The summed E-state index contributed by atoms with van der Waals surface area (Å²) in [5.74, 6) is 0.606. The van der Waals surface area contributed by atoms with Crippen molar-refractivity contribution in [3.05, 3.63) is 65.1 Å². The SMILES string of the molecule is Cc1c(C)n(CC(C)C)c2c(C=Cc3ccccc3)nccc12. The molecule has 23 heavy (non-hydrogen) atoms. The van der Waals surface area contributed by atoms with Gasteiger partial charge in [-0.1, -0.05) is 50.3 Å². The van der Waals surface area contributed by atoms with Crippen LogP contribution in [0.2, 0.25) is 0 Å². The summed E-state index contributed by atoms with van der Waals surface area (Å²) >= 11 is 0. The first-order chi connectivity index (χ1) is 11.1. The van der Waals surface area contributed by atoms with Crippen LogP contribution in [0, 0.1) is 19.8 Å². The summed E-state index contributed by atoms with van der Waals surface area (Å²) in [5, 5.41) is 1.31. The Morgan fingerprint density at radius 2 is 1.78 bits per heavy atom. The first-order valence-corrected chi connectivity index (χ1v) is 8.25. The molecule has 2 heteroatoms. The lowest BCUT2D eigenvalue weighted by Crippen LogP contribution is -2.07. The molecule has 0 aliphatic rings. The first kappa shape index (κ1) is 15.5. The van der Waals surface area contributed by atoms with Gasteiger partial charge in [0.2, 0.25) is 0 Å². The molecule has 2 heterocycles. The normalized spacial score (nSPS) is 11.9. The Hall–Kier alpha value is -2.35. The second-order valence-corrected chi connectivity index (χ2v) is 6.55. The van der Waals surface area contributed by atoms with E-state index in [1.165, 1.54) is 27.7 Å². The lowest BCUT2D eigenvalue weighted by atomic mass is 10.1. The zero-order chi connectivity index (χ0) is 16.4. The van der Waals surface area contributed by atoms with E-state index in [1.54, 1.807) is 0 Å². The predicted octanol–water partition coefficient (Wildman–Crippen LogP) is 5.48. The maximum atomic E-state index is 4.64. The van der Waals surface area contributed by atoms with E-state index in [1.807, 2.05) is 12.3 Å². The van der Waals surface area contributed by atoms with Gasteiger partial charge in [-0.15, -0.1) is 0 Å². The van der Waals surface area contributed by atoms with Gasteiger partial charge in [-0.25, -0.2) is 0 Å². The van der Waals surface area contributed by atoms with E-state index in [-0.39, 0.29) is 0 Å². The minimum Gasteiger partial charge on any atom is -0.343 e. The second kappa shape index (κ2) is 6.41. The molecular formula is C21H24N2. The number of rotatable bonds is 4. The lowest BCUT2D eigenvalue weighted by Gasteiger charge is -2.12. The molecule has 0 atom stereocenters. The van der Waals surface area contributed by atoms with Gasteiger partial charge in [0, 0.05) is 23.8 Å². The van der Waals surface area contributed by atoms with Gasteiger partial charge < -0.3 is 4.57 Å². The molecule has 0 aliphatic carbocycles. The van der Waals surface area contributed by atoms with E-state index in [0.29, 0.717) is 5.92 Å². The maximum absolute atomic E-state index is 4.64. The Bertz CT molecular complexity index is 839. The lowest BCUT2D eigenvalue weighted by molar-refractivity contribution is 0.527. The summed E-state index contributed by atoms with van der Waals surface area (Å²) in [6, 6.07) is 12.5. The smallest absolute Gasteiger partial charge is 0.0872 e. The van der Waals surface area contributed by atoms with E-state index in [4.69, 9.17) is 0 Å². The average Bonchev–Trinajstić information content (AvgIpc) is 2.79. The minimum atomic E-state index is 0.606. The standard InChI is InChI=1S/C21H24N2/c1-15(2)14-23-17(4)16(3)19-12-13-22-20(21(19)23)11-10-18-8-6-5-7-9-18/h5-13,15H,14H2,1-4H3. The second-order valence-electron chi connectivity index (χ2n) is 6.55. The molecule has 2 aromatic heterocycles. The van der Waals surface area contributed by atoms with Gasteiger partial charge in [0.25, 0.3) is 0 Å². The molecule has 0 aliphatic heterocycles. The highest BCUT2D eigenvalue weighted by atomic mass is 15.0. The zero-order valence-electron chi connectivity index (χ0n) is 14.4. The van der Waals surface area contributed by atoms with Crippen LogP contribution in [0.1, 0.15) is 36.4 Å². The van der Waals surface area contributed by atoms with E-state index >= 15 is 0 Å². The Balaban J connectivity index is 2.14. The molecule has 0 unspecified atom stereocenters. The molecule has 1 aromatic carbocycles. The molecule has 0 N–H and O–H groups in total. The molecule has 0 bridgehead atoms. The average molecular weight is 304 g/mol. The third-order valence-corrected chi connectivity index (χ3v) is 4.36. The molecule has 0 fully saturated rings. The van der Waals surface area contributed by atoms with Crippen LogP contribution in [-0.4, -0.2) is 9.55 Å². The quantitative estimate of drug-likeness (QED) is 0.624. The van der Waals surface area contributed by atoms with Crippen molar-refractivity contribution in [1.29, 1.82) is 0 Å². The van der Waals surface area contributed by atoms with Crippen LogP contribution < -0.4 is 0 Å². The fourth-order valence-corrected chi connectivity index (χ4v) is 3.08. The van der Waals surface area contributed by atoms with Crippen molar-refractivity contribution in [1.82, 2.24) is 9.55 Å². The van der Waals surface area contributed by atoms with Crippen LogP contribution >= 0.6 is 0 Å². The third-order valence-electron chi connectivity index (χ3n) is 4.36. The maximum Gasteiger partial charge on any atom is 0.0872 e. The summed E-state index contributed by atoms with van der Waals surface area (Å²) < 4.78 is 2.42. The van der Waals surface area contributed by atoms with Crippen LogP contribution in [-0.2, 0) is 6.54 Å². The van der Waals surface area contributed by atoms with Crippen LogP contribution in [0.4, 0.5) is 0 Å². The third kappa shape index (κ3) is 3.07. The highest BCUT2D eigenvalue weighted by Gasteiger charge is 2.14. The fourth-order valence-electron chi connectivity index (χ4n) is 3.08. The molecule has 118 valence electrons. The van der Waals surface area contributed by atoms with Gasteiger partial charge in [-0.05, 0) is 43.0 Å². The molecule has 3 aromatic rings. The number of hydrogen-bond donors (Lipinski definition) is 0. The summed E-state index contributed by atoms with van der Waals surface area (Å²) in [4.78, 5) is 4.64. The van der Waals surface area contributed by atoms with Crippen molar-refractivity contribution in [2.45, 2.75) is 34.2 Å². The van der Waals surface area contributed by atoms with Crippen LogP contribution in [0.25, 0.3) is 23.1 Å². The van der Waals surface area contributed by atoms with Crippen molar-refractivity contribution >= 4 is 23.1 Å². The summed E-state index contributed by atoms with van der Waals surface area (Å²) in [7, 11) is 0. The molecule has 0 saturated carbocycles. The van der Waals surface area contributed by atoms with Gasteiger partial charge in [0.05, 0.1) is 11.2 Å². The molecule has 0 saturated heterocycles. The minimum absolute atomic E-state index is 0.606. The number of benzene rings is 1. The Morgan fingerprint density at radius 1 is 1.04 bits per heavy atom. The van der Waals surface area contributed by atoms with Crippen molar-refractivity contribution < 1.29 is 0 Å². The van der Waals surface area contributed by atoms with E-state index in [9.17, 15) is 0 Å². The summed E-state index contributed by atoms with van der Waals surface area (Å²) in [5.41, 5.74) is 6.20. The van der Waals surface area contributed by atoms with Crippen molar-refractivity contribution in [2.75, 3.05) is 0 Å². The van der Waals surface area contributed by atoms with E-state index < -0.39 is 0 Å². The number of hydrogen-bond acceptors (Lipinski definition) is 1. The predicted molar refractivity (Wildman–Crippen MR) is 99.4 cm³/mol. The van der Waals surface area contributed by atoms with Gasteiger partial charge in [0.1, 0.15) is 0 Å². The largest absolute Gasteiger partial charge is 0.343 e. The van der Waals surface area contributed by atoms with Crippen molar-refractivity contribution in [3.63, 3.8) is 0 Å². The summed E-state index contributed by atoms with van der Waals surface area (Å²) in [6.07, 6.45) is 6.19. The highest BCUT2D eigenvalue weighted by Crippen LogP contribution is 2.28. The molecule has 0 spiro atoms. The molecule has 0 radical (unpaired) electrons. The Labute approximate surface area is 138 Å². The van der Waals surface area contributed by atoms with Gasteiger partial charge in [-0.2, -0.15) is 0 Å². The fraction of sp³-hybridized carbons (Fsp3) is 0.286. The Kier molecular flexibility index (Phi) is 4.33. The molecule has 3 rings (SSSR count). The number of aryl methyl sites for hydroxylation is 1.